The summed E-state index contributed by atoms with van der Waals surface area (Å²) in [5.74, 6) is 0.228. The first-order valence-electron chi connectivity index (χ1n) is 11.8. The van der Waals surface area contributed by atoms with Gasteiger partial charge in [0, 0.05) is 35.7 Å². The fraction of sp³-hybridized carbons (Fsp3) is 0.143. The minimum atomic E-state index is -0.203. The summed E-state index contributed by atoms with van der Waals surface area (Å²) < 4.78 is 3.68. The summed E-state index contributed by atoms with van der Waals surface area (Å²) in [6, 6.07) is 22.3. The molecule has 5 aromatic rings. The van der Waals surface area contributed by atoms with Gasteiger partial charge in [-0.3, -0.25) is 19.0 Å². The van der Waals surface area contributed by atoms with E-state index < -0.39 is 0 Å². The lowest BCUT2D eigenvalue weighted by Crippen LogP contribution is -2.29. The number of nitrogens with zero attached hydrogens (tertiary/aromatic N) is 3. The maximum Gasteiger partial charge on any atom is 0.261 e. The van der Waals surface area contributed by atoms with E-state index in [2.05, 4.69) is 16.7 Å². The maximum absolute atomic E-state index is 13.3. The fourth-order valence-electron chi connectivity index (χ4n) is 5.01. The van der Waals surface area contributed by atoms with Crippen LogP contribution in [0.1, 0.15) is 12.5 Å². The summed E-state index contributed by atoms with van der Waals surface area (Å²) in [6.45, 7) is 2.05. The lowest BCUT2D eigenvalue weighted by molar-refractivity contribution is -0.116. The van der Waals surface area contributed by atoms with Crippen LogP contribution in [0.25, 0.3) is 33.3 Å². The Bertz CT molecular complexity index is 1730. The Morgan fingerprint density at radius 3 is 2.31 bits per heavy atom. The highest BCUT2D eigenvalue weighted by Gasteiger charge is 2.28. The van der Waals surface area contributed by atoms with Crippen LogP contribution in [0.4, 0.5) is 11.4 Å². The quantitative estimate of drug-likeness (QED) is 0.406. The highest BCUT2D eigenvalue weighted by Crippen LogP contribution is 2.36. The number of fused-ring (bicyclic) bond motifs is 6. The van der Waals surface area contributed by atoms with E-state index in [1.807, 2.05) is 41.0 Å². The molecule has 8 nitrogen and oxygen atoms in total. The van der Waals surface area contributed by atoms with Gasteiger partial charge in [0.25, 0.3) is 5.56 Å². The van der Waals surface area contributed by atoms with Crippen LogP contribution >= 0.6 is 0 Å². The molecule has 0 saturated heterocycles. The molecule has 8 heteroatoms. The van der Waals surface area contributed by atoms with Gasteiger partial charge in [-0.05, 0) is 54.4 Å². The van der Waals surface area contributed by atoms with Gasteiger partial charge >= 0.3 is 0 Å². The smallest absolute Gasteiger partial charge is 0.261 e. The molecule has 2 aromatic heterocycles. The molecule has 2 N–H and O–H groups in total. The second-order valence-electron chi connectivity index (χ2n) is 8.90. The van der Waals surface area contributed by atoms with Crippen molar-refractivity contribution >= 4 is 45.0 Å². The minimum absolute atomic E-state index is 0.0615. The van der Waals surface area contributed by atoms with Crippen molar-refractivity contribution in [2.75, 3.05) is 10.6 Å². The van der Waals surface area contributed by atoms with Crippen LogP contribution in [-0.2, 0) is 29.1 Å². The van der Waals surface area contributed by atoms with Crippen LogP contribution in [0.2, 0.25) is 0 Å². The minimum Gasteiger partial charge on any atom is -0.328 e. The van der Waals surface area contributed by atoms with Crippen molar-refractivity contribution in [3.05, 3.63) is 88.7 Å². The number of anilines is 2. The number of carbonyl (C=O) groups is 2. The maximum atomic E-state index is 13.3. The lowest BCUT2D eigenvalue weighted by atomic mass is 10.0. The number of hydrogen-bond acceptors (Lipinski definition) is 4. The number of carbonyl (C=O) groups excluding carboxylic acids is 2. The average molecular weight is 478 g/mol. The molecule has 36 heavy (non-hydrogen) atoms. The zero-order chi connectivity index (χ0) is 24.8. The van der Waals surface area contributed by atoms with Crippen molar-refractivity contribution in [2.24, 2.45) is 0 Å². The Morgan fingerprint density at radius 2 is 1.56 bits per heavy atom. The summed E-state index contributed by atoms with van der Waals surface area (Å²) in [5.41, 5.74) is 4.69. The molecule has 1 aliphatic rings. The van der Waals surface area contributed by atoms with Gasteiger partial charge in [0.05, 0.1) is 16.6 Å². The van der Waals surface area contributed by atoms with E-state index >= 15 is 0 Å². The van der Waals surface area contributed by atoms with Gasteiger partial charge in [0.15, 0.2) is 5.82 Å². The Morgan fingerprint density at radius 1 is 0.889 bits per heavy atom. The zero-order valence-corrected chi connectivity index (χ0v) is 19.6. The number of nitrogens with one attached hydrogen (secondary N) is 2. The van der Waals surface area contributed by atoms with Crippen LogP contribution < -0.4 is 16.2 Å². The predicted molar refractivity (Wildman–Crippen MR) is 140 cm³/mol. The lowest BCUT2D eigenvalue weighted by Gasteiger charge is -2.21. The molecule has 6 rings (SSSR count). The molecule has 0 atom stereocenters. The number of aryl methyl sites for hydroxylation is 1. The first kappa shape index (κ1) is 21.8. The Balaban J connectivity index is 1.42. The van der Waals surface area contributed by atoms with Gasteiger partial charge in [0.1, 0.15) is 6.54 Å². The van der Waals surface area contributed by atoms with Crippen molar-refractivity contribution in [3.63, 3.8) is 0 Å². The standard InChI is InChI=1S/C28H23N5O3/c1-17(34)29-18-10-12-19(13-11-18)30-25(35)16-33-24-9-5-3-6-20(24)21-14-15-32-27(26(21)33)31-23-8-4-2-7-22(23)28(32)36/h2-13H,14-16H2,1H3,(H,29,34)(H,30,35). The van der Waals surface area contributed by atoms with Crippen LogP contribution in [0.5, 0.6) is 0 Å². The highest BCUT2D eigenvalue weighted by molar-refractivity contribution is 5.97. The van der Waals surface area contributed by atoms with Gasteiger partial charge in [-0.1, -0.05) is 30.3 Å². The monoisotopic (exact) mass is 477 g/mol. The molecule has 0 saturated carbocycles. The summed E-state index contributed by atoms with van der Waals surface area (Å²) in [4.78, 5) is 42.6. The topological polar surface area (TPSA) is 98.0 Å². The van der Waals surface area contributed by atoms with E-state index in [1.54, 1.807) is 34.9 Å². The predicted octanol–water partition coefficient (Wildman–Crippen LogP) is 4.17. The Kier molecular flexibility index (Phi) is 5.14. The molecule has 0 spiro atoms. The normalized spacial score (nSPS) is 12.2. The van der Waals surface area contributed by atoms with Crippen LogP contribution in [0.3, 0.4) is 0 Å². The van der Waals surface area contributed by atoms with Gasteiger partial charge < -0.3 is 15.2 Å². The molecule has 1 aliphatic heterocycles. The van der Waals surface area contributed by atoms with E-state index in [1.165, 1.54) is 6.92 Å². The van der Waals surface area contributed by atoms with E-state index in [9.17, 15) is 14.4 Å². The first-order valence-corrected chi connectivity index (χ1v) is 11.8. The first-order chi connectivity index (χ1) is 17.5. The van der Waals surface area contributed by atoms with Crippen molar-refractivity contribution in [3.8, 4) is 11.5 Å². The average Bonchev–Trinajstić information content (AvgIpc) is 3.19. The van der Waals surface area contributed by atoms with Crippen molar-refractivity contribution in [2.45, 2.75) is 26.4 Å². The van der Waals surface area contributed by atoms with Crippen molar-refractivity contribution in [1.29, 1.82) is 0 Å². The highest BCUT2D eigenvalue weighted by atomic mass is 16.2. The fourth-order valence-corrected chi connectivity index (χ4v) is 5.01. The van der Waals surface area contributed by atoms with Gasteiger partial charge in [-0.2, -0.15) is 0 Å². The molecule has 0 bridgehead atoms. The summed E-state index contributed by atoms with van der Waals surface area (Å²) in [6.07, 6.45) is 0.683. The van der Waals surface area contributed by atoms with E-state index in [0.29, 0.717) is 41.1 Å². The molecule has 2 amide bonds. The zero-order valence-electron chi connectivity index (χ0n) is 19.6. The Labute approximate surface area is 206 Å². The molecular weight excluding hydrogens is 454 g/mol. The summed E-state index contributed by atoms with van der Waals surface area (Å²) in [5, 5.41) is 7.30. The number of rotatable bonds is 4. The summed E-state index contributed by atoms with van der Waals surface area (Å²) >= 11 is 0. The number of benzene rings is 3. The number of para-hydroxylation sites is 2. The van der Waals surface area contributed by atoms with E-state index in [0.717, 1.165) is 22.2 Å². The summed E-state index contributed by atoms with van der Waals surface area (Å²) in [7, 11) is 0. The molecular formula is C28H23N5O3. The second kappa shape index (κ2) is 8.49. The van der Waals surface area contributed by atoms with E-state index in [-0.39, 0.29) is 23.9 Å². The number of hydrogen-bond donors (Lipinski definition) is 2. The number of amides is 2. The van der Waals surface area contributed by atoms with Gasteiger partial charge in [-0.15, -0.1) is 0 Å². The molecule has 178 valence electrons. The molecule has 3 aromatic carbocycles. The van der Waals surface area contributed by atoms with Gasteiger partial charge in [0.2, 0.25) is 11.8 Å². The Hall–Kier alpha value is -4.72. The van der Waals surface area contributed by atoms with Crippen molar-refractivity contribution in [1.82, 2.24) is 14.1 Å². The molecule has 0 fully saturated rings. The molecule has 0 aliphatic carbocycles. The molecule has 0 radical (unpaired) electrons. The third-order valence-electron chi connectivity index (χ3n) is 6.53. The SMILES string of the molecule is CC(=O)Nc1ccc(NC(=O)Cn2c3c(c4ccccc42)CCn2c-3nc3ccccc3c2=O)cc1. The van der Waals surface area contributed by atoms with E-state index in [4.69, 9.17) is 4.98 Å². The molecule has 0 unspecified atom stereocenters. The van der Waals surface area contributed by atoms with Gasteiger partial charge in [-0.25, -0.2) is 4.98 Å². The van der Waals surface area contributed by atoms with Crippen LogP contribution in [0, 0.1) is 0 Å². The van der Waals surface area contributed by atoms with Crippen LogP contribution in [-0.4, -0.2) is 25.9 Å². The molecule has 3 heterocycles. The third-order valence-corrected chi connectivity index (χ3v) is 6.53. The second-order valence-corrected chi connectivity index (χ2v) is 8.90. The van der Waals surface area contributed by atoms with Crippen molar-refractivity contribution < 1.29 is 9.59 Å². The number of aromatic nitrogens is 3. The third kappa shape index (κ3) is 3.63. The van der Waals surface area contributed by atoms with Crippen LogP contribution in [0.15, 0.2) is 77.6 Å². The largest absolute Gasteiger partial charge is 0.328 e.